The molecule has 0 fully saturated rings. The van der Waals surface area contributed by atoms with Gasteiger partial charge in [0, 0.05) is 47.9 Å². The molecule has 2 heterocycles. The van der Waals surface area contributed by atoms with Gasteiger partial charge in [-0.3, -0.25) is 0 Å². The molecule has 0 saturated carbocycles. The smallest absolute Gasteiger partial charge is 0.0565 e. The van der Waals surface area contributed by atoms with Crippen molar-refractivity contribution in [1.82, 2.24) is 4.57 Å². The fourth-order valence-electron chi connectivity index (χ4n) is 8.70. The second-order valence-electron chi connectivity index (χ2n) is 14.5. The number of rotatable bonds is 6. The Morgan fingerprint density at radius 2 is 1.13 bits per heavy atom. The van der Waals surface area contributed by atoms with Gasteiger partial charge in [-0.1, -0.05) is 140 Å². The summed E-state index contributed by atoms with van der Waals surface area (Å²) in [6.07, 6.45) is 8.02. The van der Waals surface area contributed by atoms with E-state index in [0.717, 1.165) is 6.42 Å². The van der Waals surface area contributed by atoms with Gasteiger partial charge in [-0.25, -0.2) is 0 Å². The Balaban J connectivity index is 1.04. The highest BCUT2D eigenvalue weighted by Crippen LogP contribution is 2.41. The van der Waals surface area contributed by atoms with Crippen molar-refractivity contribution < 1.29 is 0 Å². The van der Waals surface area contributed by atoms with Gasteiger partial charge in [0.2, 0.25) is 0 Å². The Morgan fingerprint density at radius 1 is 0.491 bits per heavy atom. The number of hydrogen-bond acceptors (Lipinski definition) is 2. The second-order valence-corrected chi connectivity index (χ2v) is 15.6. The maximum atomic E-state index is 2.54. The normalized spacial score (nSPS) is 14.3. The second kappa shape index (κ2) is 13.0. The van der Waals surface area contributed by atoms with Gasteiger partial charge in [-0.15, -0.1) is 11.3 Å². The predicted molar refractivity (Wildman–Crippen MR) is 237 cm³/mol. The maximum Gasteiger partial charge on any atom is 0.0565 e. The number of nitrogens with zero attached hydrogens (tertiary/aromatic N) is 2. The fraction of sp³-hybridized carbons (Fsp3) is 0.0385. The van der Waals surface area contributed by atoms with Crippen LogP contribution in [-0.2, 0) is 0 Å². The Bertz CT molecular complexity index is 3090. The van der Waals surface area contributed by atoms with Crippen LogP contribution in [0, 0.1) is 0 Å². The summed E-state index contributed by atoms with van der Waals surface area (Å²) in [6.45, 7) is 0. The molecule has 0 radical (unpaired) electrons. The topological polar surface area (TPSA) is 8.17 Å². The molecule has 0 bridgehead atoms. The summed E-state index contributed by atoms with van der Waals surface area (Å²) in [5, 5.41) is 7.70. The first-order valence-corrected chi connectivity index (χ1v) is 19.8. The first-order chi connectivity index (χ1) is 27.3. The molecule has 8 aromatic carbocycles. The van der Waals surface area contributed by atoms with Crippen molar-refractivity contribution in [2.24, 2.45) is 0 Å². The van der Waals surface area contributed by atoms with Crippen LogP contribution in [0.15, 0.2) is 200 Å². The van der Waals surface area contributed by atoms with Crippen molar-refractivity contribution in [1.29, 1.82) is 0 Å². The van der Waals surface area contributed by atoms with Gasteiger partial charge in [-0.05, 0) is 94.6 Å². The lowest BCUT2D eigenvalue weighted by atomic mass is 9.93. The standard InChI is InChI=1S/C52H36N2S/c1-2-13-37-32-39(25-24-35(37)12-1)38-14-11-15-41(33-38)53(42-30-31-52-47(34-42)46-19-6-10-23-51(46)55-52)40-28-26-36(27-29-40)43-16-3-7-20-48(43)54-49-21-8-4-17-44(49)45-18-5-9-22-50(45)54/h1-14,16-34,41H,15H2. The molecule has 2 aromatic heterocycles. The lowest BCUT2D eigenvalue weighted by Crippen LogP contribution is -2.30. The van der Waals surface area contributed by atoms with Crippen LogP contribution in [0.25, 0.3) is 75.1 Å². The molecule has 55 heavy (non-hydrogen) atoms. The van der Waals surface area contributed by atoms with Gasteiger partial charge in [0.1, 0.15) is 0 Å². The van der Waals surface area contributed by atoms with Crippen LogP contribution < -0.4 is 4.90 Å². The van der Waals surface area contributed by atoms with Gasteiger partial charge in [0.05, 0.1) is 22.8 Å². The number of para-hydroxylation sites is 3. The van der Waals surface area contributed by atoms with Crippen molar-refractivity contribution in [2.75, 3.05) is 4.90 Å². The molecule has 1 aliphatic carbocycles. The Hall–Kier alpha value is -6.68. The lowest BCUT2D eigenvalue weighted by molar-refractivity contribution is 0.788. The average molecular weight is 721 g/mol. The van der Waals surface area contributed by atoms with Gasteiger partial charge >= 0.3 is 0 Å². The molecule has 10 aromatic rings. The highest BCUT2D eigenvalue weighted by molar-refractivity contribution is 7.25. The van der Waals surface area contributed by atoms with Gasteiger partial charge in [-0.2, -0.15) is 0 Å². The van der Waals surface area contributed by atoms with Crippen molar-refractivity contribution in [3.63, 3.8) is 0 Å². The first kappa shape index (κ1) is 31.8. The number of hydrogen-bond donors (Lipinski definition) is 0. The predicted octanol–water partition coefficient (Wildman–Crippen LogP) is 14.5. The molecule has 2 nitrogen and oxygen atoms in total. The van der Waals surface area contributed by atoms with E-state index in [0.29, 0.717) is 0 Å². The van der Waals surface area contributed by atoms with Gasteiger partial charge in [0.15, 0.2) is 0 Å². The number of aromatic nitrogens is 1. The van der Waals surface area contributed by atoms with E-state index in [9.17, 15) is 0 Å². The molecule has 1 unspecified atom stereocenters. The fourth-order valence-corrected chi connectivity index (χ4v) is 9.79. The number of anilines is 2. The molecular formula is C52H36N2S. The monoisotopic (exact) mass is 720 g/mol. The molecule has 1 aliphatic rings. The third-order valence-corrected chi connectivity index (χ3v) is 12.4. The van der Waals surface area contributed by atoms with E-state index in [-0.39, 0.29) is 6.04 Å². The third-order valence-electron chi connectivity index (χ3n) is 11.3. The molecule has 1 atom stereocenters. The summed E-state index contributed by atoms with van der Waals surface area (Å²) < 4.78 is 5.07. The van der Waals surface area contributed by atoms with E-state index < -0.39 is 0 Å². The summed E-state index contributed by atoms with van der Waals surface area (Å²) in [6, 6.07) is 66.9. The minimum atomic E-state index is 0.129. The number of fused-ring (bicyclic) bond motifs is 7. The summed E-state index contributed by atoms with van der Waals surface area (Å²) in [5.41, 5.74) is 10.9. The van der Waals surface area contributed by atoms with E-state index in [2.05, 4.69) is 210 Å². The Labute approximate surface area is 324 Å². The quantitative estimate of drug-likeness (QED) is 0.166. The van der Waals surface area contributed by atoms with Crippen LogP contribution >= 0.6 is 11.3 Å². The molecule has 0 aliphatic heterocycles. The minimum Gasteiger partial charge on any atom is -0.334 e. The van der Waals surface area contributed by atoms with Crippen LogP contribution in [0.1, 0.15) is 12.0 Å². The molecule has 0 saturated heterocycles. The first-order valence-electron chi connectivity index (χ1n) is 19.0. The van der Waals surface area contributed by atoms with Crippen LogP contribution in [0.3, 0.4) is 0 Å². The van der Waals surface area contributed by atoms with E-state index in [4.69, 9.17) is 0 Å². The van der Waals surface area contributed by atoms with Gasteiger partial charge in [0.25, 0.3) is 0 Å². The van der Waals surface area contributed by atoms with E-state index >= 15 is 0 Å². The van der Waals surface area contributed by atoms with Crippen molar-refractivity contribution in [3.8, 4) is 16.8 Å². The van der Waals surface area contributed by atoms with Crippen LogP contribution in [-0.4, -0.2) is 10.6 Å². The van der Waals surface area contributed by atoms with Crippen LogP contribution in [0.5, 0.6) is 0 Å². The molecule has 0 amide bonds. The summed E-state index contributed by atoms with van der Waals surface area (Å²) in [5.74, 6) is 0. The van der Waals surface area contributed by atoms with E-state index in [1.54, 1.807) is 0 Å². The highest BCUT2D eigenvalue weighted by Gasteiger charge is 2.23. The molecule has 0 N–H and O–H groups in total. The zero-order valence-electron chi connectivity index (χ0n) is 30.1. The summed E-state index contributed by atoms with van der Waals surface area (Å²) >= 11 is 1.87. The van der Waals surface area contributed by atoms with Crippen molar-refractivity contribution in [3.05, 3.63) is 206 Å². The number of allylic oxidation sites excluding steroid dienone is 2. The average Bonchev–Trinajstić information content (AvgIpc) is 3.80. The molecule has 260 valence electrons. The molecule has 11 rings (SSSR count). The Kier molecular flexibility index (Phi) is 7.53. The number of thiophene rings is 1. The van der Waals surface area contributed by atoms with Crippen molar-refractivity contribution >= 4 is 81.0 Å². The Morgan fingerprint density at radius 3 is 1.95 bits per heavy atom. The van der Waals surface area contributed by atoms with Crippen molar-refractivity contribution in [2.45, 2.75) is 12.5 Å². The van der Waals surface area contributed by atoms with Gasteiger partial charge < -0.3 is 9.47 Å². The maximum absolute atomic E-state index is 2.54. The SMILES string of the molecule is C1=CC(c2ccc3ccccc3c2)=CC(N(c2ccc(-c3ccccc3-n3c4ccccc4c4ccccc43)cc2)c2ccc3sc4ccccc4c3c2)C1. The highest BCUT2D eigenvalue weighted by atomic mass is 32.1. The zero-order valence-corrected chi connectivity index (χ0v) is 31.0. The molecule has 0 spiro atoms. The summed E-state index contributed by atoms with van der Waals surface area (Å²) in [4.78, 5) is 2.54. The molecular weight excluding hydrogens is 685 g/mol. The lowest BCUT2D eigenvalue weighted by Gasteiger charge is -2.34. The zero-order chi connectivity index (χ0) is 36.3. The number of benzene rings is 8. The van der Waals surface area contributed by atoms with E-state index in [1.807, 2.05) is 11.3 Å². The summed E-state index contributed by atoms with van der Waals surface area (Å²) in [7, 11) is 0. The third kappa shape index (κ3) is 5.39. The largest absolute Gasteiger partial charge is 0.334 e. The van der Waals surface area contributed by atoms with E-state index in [1.165, 1.54) is 92.1 Å². The van der Waals surface area contributed by atoms with Crippen LogP contribution in [0.4, 0.5) is 11.4 Å². The van der Waals surface area contributed by atoms with Crippen LogP contribution in [0.2, 0.25) is 0 Å². The minimum absolute atomic E-state index is 0.129. The molecule has 3 heteroatoms.